The second-order valence-electron chi connectivity index (χ2n) is 6.81. The number of carbonyl (C=O) groups is 1. The first-order chi connectivity index (χ1) is 11.1. The molecule has 1 fully saturated rings. The van der Waals surface area contributed by atoms with Crippen LogP contribution in [0.1, 0.15) is 56.6 Å². The number of carbonyl (C=O) groups excluding carboxylic acids is 1. The highest BCUT2D eigenvalue weighted by Gasteiger charge is 2.42. The summed E-state index contributed by atoms with van der Waals surface area (Å²) in [5, 5.41) is 0. The van der Waals surface area contributed by atoms with Crippen molar-refractivity contribution in [1.29, 1.82) is 0 Å². The van der Waals surface area contributed by atoms with Gasteiger partial charge in [0.1, 0.15) is 0 Å². The van der Waals surface area contributed by atoms with Crippen molar-refractivity contribution < 1.29 is 14.3 Å². The van der Waals surface area contributed by atoms with E-state index < -0.39 is 0 Å². The van der Waals surface area contributed by atoms with Gasteiger partial charge < -0.3 is 14.4 Å². The van der Waals surface area contributed by atoms with E-state index in [-0.39, 0.29) is 11.3 Å². The number of ether oxygens (including phenoxy) is 2. The quantitative estimate of drug-likeness (QED) is 0.854. The Morgan fingerprint density at radius 1 is 1.13 bits per heavy atom. The molecule has 1 heterocycles. The van der Waals surface area contributed by atoms with E-state index in [4.69, 9.17) is 9.47 Å². The predicted molar refractivity (Wildman–Crippen MR) is 90.0 cm³/mol. The third-order valence-corrected chi connectivity index (χ3v) is 5.50. The highest BCUT2D eigenvalue weighted by molar-refractivity contribution is 5.76. The SMILES string of the molecule is CCC(=O)N1Cc2cc(OC)c(OC)cc2C2(CCCCC2)C1. The van der Waals surface area contributed by atoms with Gasteiger partial charge in [0.2, 0.25) is 5.91 Å². The number of nitrogens with zero attached hydrogens (tertiary/aromatic N) is 1. The van der Waals surface area contributed by atoms with Crippen LogP contribution in [-0.2, 0) is 16.8 Å². The molecule has 1 aromatic rings. The van der Waals surface area contributed by atoms with E-state index in [9.17, 15) is 4.79 Å². The van der Waals surface area contributed by atoms with Gasteiger partial charge in [-0.2, -0.15) is 0 Å². The lowest BCUT2D eigenvalue weighted by Crippen LogP contribution is -2.48. The second-order valence-corrected chi connectivity index (χ2v) is 6.81. The van der Waals surface area contributed by atoms with Crippen LogP contribution in [0, 0.1) is 0 Å². The Hall–Kier alpha value is -1.71. The topological polar surface area (TPSA) is 38.8 Å². The van der Waals surface area contributed by atoms with Crippen LogP contribution in [-0.4, -0.2) is 31.6 Å². The fraction of sp³-hybridized carbons (Fsp3) is 0.632. The summed E-state index contributed by atoms with van der Waals surface area (Å²) in [6.07, 6.45) is 6.65. The van der Waals surface area contributed by atoms with Gasteiger partial charge in [-0.05, 0) is 36.1 Å². The third-order valence-electron chi connectivity index (χ3n) is 5.50. The lowest BCUT2D eigenvalue weighted by molar-refractivity contribution is -0.133. The minimum Gasteiger partial charge on any atom is -0.493 e. The van der Waals surface area contributed by atoms with Crippen molar-refractivity contribution in [2.45, 2.75) is 57.4 Å². The number of rotatable bonds is 3. The smallest absolute Gasteiger partial charge is 0.222 e. The van der Waals surface area contributed by atoms with Gasteiger partial charge in [0.15, 0.2) is 11.5 Å². The number of benzene rings is 1. The summed E-state index contributed by atoms with van der Waals surface area (Å²) in [4.78, 5) is 14.4. The van der Waals surface area contributed by atoms with Crippen LogP contribution in [0.4, 0.5) is 0 Å². The minimum absolute atomic E-state index is 0.0935. The highest BCUT2D eigenvalue weighted by Crippen LogP contribution is 2.47. The minimum atomic E-state index is 0.0935. The van der Waals surface area contributed by atoms with Crippen molar-refractivity contribution >= 4 is 5.91 Å². The van der Waals surface area contributed by atoms with Gasteiger partial charge >= 0.3 is 0 Å². The molecule has 23 heavy (non-hydrogen) atoms. The molecule has 0 atom stereocenters. The van der Waals surface area contributed by atoms with Crippen molar-refractivity contribution in [2.75, 3.05) is 20.8 Å². The first-order valence-corrected chi connectivity index (χ1v) is 8.66. The summed E-state index contributed by atoms with van der Waals surface area (Å²) in [6.45, 7) is 3.48. The van der Waals surface area contributed by atoms with E-state index >= 15 is 0 Å². The number of amides is 1. The molecule has 2 aliphatic rings. The van der Waals surface area contributed by atoms with E-state index in [1.54, 1.807) is 14.2 Å². The molecule has 1 amide bonds. The molecule has 0 radical (unpaired) electrons. The fourth-order valence-electron chi connectivity index (χ4n) is 4.31. The molecule has 0 N–H and O–H groups in total. The summed E-state index contributed by atoms with van der Waals surface area (Å²) in [6, 6.07) is 4.23. The maximum absolute atomic E-state index is 12.4. The Morgan fingerprint density at radius 3 is 2.39 bits per heavy atom. The van der Waals surface area contributed by atoms with Crippen molar-refractivity contribution in [1.82, 2.24) is 4.90 Å². The summed E-state index contributed by atoms with van der Waals surface area (Å²) in [5.41, 5.74) is 2.68. The lowest BCUT2D eigenvalue weighted by Gasteiger charge is -2.46. The van der Waals surface area contributed by atoms with Crippen molar-refractivity contribution in [3.63, 3.8) is 0 Å². The van der Waals surface area contributed by atoms with E-state index in [2.05, 4.69) is 12.1 Å². The van der Waals surface area contributed by atoms with Gasteiger partial charge in [-0.1, -0.05) is 26.2 Å². The van der Waals surface area contributed by atoms with Crippen LogP contribution in [0.15, 0.2) is 12.1 Å². The normalized spacial score (nSPS) is 19.3. The Bertz CT molecular complexity index is 591. The maximum Gasteiger partial charge on any atom is 0.222 e. The summed E-state index contributed by atoms with van der Waals surface area (Å²) in [7, 11) is 3.35. The van der Waals surface area contributed by atoms with Crippen LogP contribution >= 0.6 is 0 Å². The van der Waals surface area contributed by atoms with Gasteiger partial charge in [-0.3, -0.25) is 4.79 Å². The molecule has 0 aromatic heterocycles. The molecular formula is C19H27NO3. The van der Waals surface area contributed by atoms with E-state index in [1.165, 1.54) is 30.4 Å². The van der Waals surface area contributed by atoms with Crippen molar-refractivity contribution in [3.05, 3.63) is 23.3 Å². The Kier molecular flexibility index (Phi) is 4.51. The average molecular weight is 317 g/mol. The van der Waals surface area contributed by atoms with Gasteiger partial charge in [-0.25, -0.2) is 0 Å². The molecule has 1 aromatic carbocycles. The van der Waals surface area contributed by atoms with Crippen LogP contribution in [0.3, 0.4) is 0 Å². The number of methoxy groups -OCH3 is 2. The van der Waals surface area contributed by atoms with Crippen LogP contribution in [0.2, 0.25) is 0 Å². The van der Waals surface area contributed by atoms with Crippen molar-refractivity contribution in [3.8, 4) is 11.5 Å². The molecule has 4 nitrogen and oxygen atoms in total. The molecule has 126 valence electrons. The summed E-state index contributed by atoms with van der Waals surface area (Å²) in [5.74, 6) is 1.80. The van der Waals surface area contributed by atoms with Gasteiger partial charge in [0, 0.05) is 24.9 Å². The molecule has 1 aliphatic heterocycles. The predicted octanol–water partition coefficient (Wildman–Crippen LogP) is 3.66. The van der Waals surface area contributed by atoms with Crippen LogP contribution < -0.4 is 9.47 Å². The summed E-state index contributed by atoms with van der Waals surface area (Å²) < 4.78 is 11.0. The summed E-state index contributed by atoms with van der Waals surface area (Å²) >= 11 is 0. The Balaban J connectivity index is 2.09. The number of hydrogen-bond donors (Lipinski definition) is 0. The zero-order chi connectivity index (χ0) is 16.4. The highest BCUT2D eigenvalue weighted by atomic mass is 16.5. The fourth-order valence-corrected chi connectivity index (χ4v) is 4.31. The monoisotopic (exact) mass is 317 g/mol. The van der Waals surface area contributed by atoms with Gasteiger partial charge in [0.05, 0.1) is 14.2 Å². The molecule has 4 heteroatoms. The zero-order valence-corrected chi connectivity index (χ0v) is 14.5. The first kappa shape index (κ1) is 16.2. The first-order valence-electron chi connectivity index (χ1n) is 8.66. The Labute approximate surface area is 138 Å². The molecular weight excluding hydrogens is 290 g/mol. The van der Waals surface area contributed by atoms with Gasteiger partial charge in [0.25, 0.3) is 0 Å². The zero-order valence-electron chi connectivity index (χ0n) is 14.5. The molecule has 0 bridgehead atoms. The van der Waals surface area contributed by atoms with Crippen LogP contribution in [0.5, 0.6) is 11.5 Å². The molecule has 1 saturated carbocycles. The Morgan fingerprint density at radius 2 is 1.78 bits per heavy atom. The largest absolute Gasteiger partial charge is 0.493 e. The van der Waals surface area contributed by atoms with E-state index in [0.29, 0.717) is 13.0 Å². The second kappa shape index (κ2) is 6.42. The number of hydrogen-bond acceptors (Lipinski definition) is 3. The van der Waals surface area contributed by atoms with E-state index in [0.717, 1.165) is 30.9 Å². The molecule has 0 saturated heterocycles. The lowest BCUT2D eigenvalue weighted by atomic mass is 9.66. The third kappa shape index (κ3) is 2.79. The maximum atomic E-state index is 12.4. The van der Waals surface area contributed by atoms with Crippen LogP contribution in [0.25, 0.3) is 0 Å². The average Bonchev–Trinajstić information content (AvgIpc) is 2.60. The van der Waals surface area contributed by atoms with E-state index in [1.807, 2.05) is 11.8 Å². The standard InChI is InChI=1S/C19H27NO3/c1-4-18(21)20-12-14-10-16(22-2)17(23-3)11-15(14)19(13-20)8-6-5-7-9-19/h10-11H,4-9,12-13H2,1-3H3. The molecule has 1 aliphatic carbocycles. The molecule has 0 unspecified atom stereocenters. The molecule has 1 spiro atoms. The molecule has 3 rings (SSSR count). The number of fused-ring (bicyclic) bond motifs is 2. The van der Waals surface area contributed by atoms with Gasteiger partial charge in [-0.15, -0.1) is 0 Å². The van der Waals surface area contributed by atoms with Crippen molar-refractivity contribution in [2.24, 2.45) is 0 Å².